The van der Waals surface area contributed by atoms with Gasteiger partial charge >= 0.3 is 0 Å². The average Bonchev–Trinajstić information content (AvgIpc) is 3.06. The van der Waals surface area contributed by atoms with Gasteiger partial charge in [-0.1, -0.05) is 30.3 Å². The minimum atomic E-state index is -3.12. The Morgan fingerprint density at radius 1 is 1.10 bits per heavy atom. The van der Waals surface area contributed by atoms with Gasteiger partial charge in [0.2, 0.25) is 0 Å². The molecule has 1 saturated heterocycles. The number of amides is 1. The van der Waals surface area contributed by atoms with Crippen molar-refractivity contribution < 1.29 is 17.9 Å². The number of pyridine rings is 1. The second kappa shape index (κ2) is 7.36. The predicted molar refractivity (Wildman–Crippen MR) is 111 cm³/mol. The Hall–Kier alpha value is -3.13. The summed E-state index contributed by atoms with van der Waals surface area (Å²) >= 11 is 0. The maximum atomic E-state index is 13.1. The molecule has 0 bridgehead atoms. The summed E-state index contributed by atoms with van der Waals surface area (Å²) in [5, 5.41) is 3.71. The van der Waals surface area contributed by atoms with E-state index in [-0.39, 0.29) is 17.1 Å². The number of nitrogens with zero attached hydrogens (tertiary/aromatic N) is 1. The Morgan fingerprint density at radius 3 is 2.48 bits per heavy atom. The maximum absolute atomic E-state index is 13.1. The van der Waals surface area contributed by atoms with Crippen LogP contribution >= 0.6 is 0 Å². The lowest BCUT2D eigenvalue weighted by molar-refractivity contribution is 0.0942. The van der Waals surface area contributed by atoms with E-state index in [4.69, 9.17) is 4.74 Å². The molecule has 0 unspecified atom stereocenters. The van der Waals surface area contributed by atoms with Crippen molar-refractivity contribution in [3.8, 4) is 11.4 Å². The van der Waals surface area contributed by atoms with E-state index in [1.54, 1.807) is 48.5 Å². The molecule has 7 nitrogen and oxygen atoms in total. The summed E-state index contributed by atoms with van der Waals surface area (Å²) in [4.78, 5) is 26.1. The van der Waals surface area contributed by atoms with Gasteiger partial charge in [-0.05, 0) is 24.6 Å². The highest BCUT2D eigenvalue weighted by molar-refractivity contribution is 7.91. The lowest BCUT2D eigenvalue weighted by atomic mass is 10.1. The molecule has 2 heterocycles. The minimum Gasteiger partial charge on any atom is -0.495 e. The number of ether oxygens (including phenoxy) is 1. The molecule has 2 aromatic carbocycles. The number of fused-ring (bicyclic) bond motifs is 1. The number of carbonyl (C=O) groups excluding carboxylic acids is 1. The molecule has 1 aliphatic heterocycles. The second-order valence-electron chi connectivity index (χ2n) is 7.01. The molecule has 1 N–H and O–H groups in total. The molecule has 1 aliphatic rings. The third-order valence-corrected chi connectivity index (χ3v) is 6.85. The maximum Gasteiger partial charge on any atom is 0.263 e. The molecular formula is C21H20N2O5S. The van der Waals surface area contributed by atoms with Crippen molar-refractivity contribution in [1.82, 2.24) is 9.88 Å². The van der Waals surface area contributed by atoms with Gasteiger partial charge in [-0.2, -0.15) is 0 Å². The van der Waals surface area contributed by atoms with Gasteiger partial charge in [0.25, 0.3) is 11.5 Å². The second-order valence-corrected chi connectivity index (χ2v) is 9.24. The van der Waals surface area contributed by atoms with E-state index in [1.165, 1.54) is 17.9 Å². The Labute approximate surface area is 167 Å². The zero-order valence-corrected chi connectivity index (χ0v) is 16.6. The summed E-state index contributed by atoms with van der Waals surface area (Å²) in [5.41, 5.74) is 0.545. The van der Waals surface area contributed by atoms with Crippen LogP contribution in [0.15, 0.2) is 59.5 Å². The Kier molecular flexibility index (Phi) is 4.87. The monoisotopic (exact) mass is 412 g/mol. The summed E-state index contributed by atoms with van der Waals surface area (Å²) < 4.78 is 30.2. The van der Waals surface area contributed by atoms with Crippen molar-refractivity contribution in [3.05, 3.63) is 70.6 Å². The van der Waals surface area contributed by atoms with Gasteiger partial charge in [0.05, 0.1) is 29.9 Å². The van der Waals surface area contributed by atoms with Crippen LogP contribution in [0.25, 0.3) is 16.5 Å². The largest absolute Gasteiger partial charge is 0.495 e. The van der Waals surface area contributed by atoms with Crippen molar-refractivity contribution in [2.75, 3.05) is 18.6 Å². The van der Waals surface area contributed by atoms with Crippen LogP contribution in [0.4, 0.5) is 0 Å². The highest BCUT2D eigenvalue weighted by Crippen LogP contribution is 2.24. The van der Waals surface area contributed by atoms with Crippen molar-refractivity contribution in [2.24, 2.45) is 0 Å². The van der Waals surface area contributed by atoms with Crippen molar-refractivity contribution in [3.63, 3.8) is 0 Å². The number of sulfone groups is 1. The molecule has 1 amide bonds. The highest BCUT2D eigenvalue weighted by atomic mass is 32.2. The van der Waals surface area contributed by atoms with E-state index in [0.29, 0.717) is 34.2 Å². The molecule has 1 aromatic heterocycles. The number of nitrogens with one attached hydrogen (secondary N) is 1. The number of aromatic nitrogens is 1. The van der Waals surface area contributed by atoms with Gasteiger partial charge in [-0.15, -0.1) is 0 Å². The Morgan fingerprint density at radius 2 is 1.79 bits per heavy atom. The van der Waals surface area contributed by atoms with Crippen molar-refractivity contribution in [2.45, 2.75) is 12.5 Å². The fourth-order valence-corrected chi connectivity index (χ4v) is 5.33. The molecule has 150 valence electrons. The summed E-state index contributed by atoms with van der Waals surface area (Å²) in [5.74, 6) is 0.0902. The van der Waals surface area contributed by atoms with Crippen LogP contribution in [-0.2, 0) is 9.84 Å². The molecule has 1 fully saturated rings. The molecule has 0 saturated carbocycles. The summed E-state index contributed by atoms with van der Waals surface area (Å²) in [6, 6.07) is 13.5. The van der Waals surface area contributed by atoms with Gasteiger partial charge < -0.3 is 10.1 Å². The molecule has 0 aliphatic carbocycles. The smallest absolute Gasteiger partial charge is 0.263 e. The number of methoxy groups -OCH3 is 1. The first-order valence-electron chi connectivity index (χ1n) is 9.19. The number of rotatable bonds is 4. The lowest BCUT2D eigenvalue weighted by Crippen LogP contribution is -2.36. The normalized spacial score (nSPS) is 17.9. The fraction of sp³-hybridized carbons (Fsp3) is 0.238. The third-order valence-electron chi connectivity index (χ3n) is 5.08. The summed E-state index contributed by atoms with van der Waals surface area (Å²) in [6.45, 7) is 0. The number of hydrogen-bond acceptors (Lipinski definition) is 5. The van der Waals surface area contributed by atoms with E-state index in [0.717, 1.165) is 0 Å². The van der Waals surface area contributed by atoms with Crippen LogP contribution in [0, 0.1) is 0 Å². The van der Waals surface area contributed by atoms with E-state index < -0.39 is 21.8 Å². The molecule has 0 spiro atoms. The number of benzene rings is 2. The first-order chi connectivity index (χ1) is 13.9. The van der Waals surface area contributed by atoms with E-state index in [1.807, 2.05) is 0 Å². The lowest BCUT2D eigenvalue weighted by Gasteiger charge is -2.16. The van der Waals surface area contributed by atoms with Crippen LogP contribution < -0.4 is 15.6 Å². The van der Waals surface area contributed by atoms with Gasteiger partial charge in [0, 0.05) is 23.0 Å². The standard InChI is InChI=1S/C21H20N2O5S/c1-28-19-9-5-4-8-18(19)23-12-17(15-6-2-3-7-16(15)21(23)25)20(24)22-14-10-11-29(26,27)13-14/h2-9,12,14H,10-11,13H2,1H3,(H,22,24)/t14-/m0/s1. The van der Waals surface area contributed by atoms with Gasteiger partial charge in [0.1, 0.15) is 5.75 Å². The van der Waals surface area contributed by atoms with Crippen LogP contribution in [0.3, 0.4) is 0 Å². The highest BCUT2D eigenvalue weighted by Gasteiger charge is 2.29. The number of para-hydroxylation sites is 2. The molecule has 4 rings (SSSR count). The zero-order valence-electron chi connectivity index (χ0n) is 15.8. The van der Waals surface area contributed by atoms with Crippen LogP contribution in [0.5, 0.6) is 5.75 Å². The first kappa shape index (κ1) is 19.2. The predicted octanol–water partition coefficient (Wildman–Crippen LogP) is 1.92. The van der Waals surface area contributed by atoms with Gasteiger partial charge in [-0.3, -0.25) is 14.2 Å². The zero-order chi connectivity index (χ0) is 20.6. The summed E-state index contributed by atoms with van der Waals surface area (Å²) in [7, 11) is -1.61. The quantitative estimate of drug-likeness (QED) is 0.707. The third kappa shape index (κ3) is 3.63. The molecule has 0 radical (unpaired) electrons. The van der Waals surface area contributed by atoms with E-state index in [2.05, 4.69) is 5.32 Å². The Bertz CT molecular complexity index is 1260. The van der Waals surface area contributed by atoms with E-state index >= 15 is 0 Å². The van der Waals surface area contributed by atoms with Crippen LogP contribution in [0.1, 0.15) is 16.8 Å². The number of hydrogen-bond donors (Lipinski definition) is 1. The topological polar surface area (TPSA) is 94.5 Å². The minimum absolute atomic E-state index is 0.0666. The van der Waals surface area contributed by atoms with Gasteiger partial charge in [0.15, 0.2) is 9.84 Å². The molecule has 8 heteroatoms. The van der Waals surface area contributed by atoms with Crippen LogP contribution in [0.2, 0.25) is 0 Å². The number of carbonyl (C=O) groups is 1. The van der Waals surface area contributed by atoms with Crippen LogP contribution in [-0.4, -0.2) is 43.5 Å². The molecule has 29 heavy (non-hydrogen) atoms. The first-order valence-corrected chi connectivity index (χ1v) is 11.0. The molecular weight excluding hydrogens is 392 g/mol. The molecule has 1 atom stereocenters. The average molecular weight is 412 g/mol. The Balaban J connectivity index is 1.85. The SMILES string of the molecule is COc1ccccc1-n1cc(C(=O)N[C@H]2CCS(=O)(=O)C2)c2ccccc2c1=O. The van der Waals surface area contributed by atoms with Crippen molar-refractivity contribution >= 4 is 26.5 Å². The summed E-state index contributed by atoms with van der Waals surface area (Å²) in [6.07, 6.45) is 1.87. The van der Waals surface area contributed by atoms with E-state index in [9.17, 15) is 18.0 Å². The van der Waals surface area contributed by atoms with Gasteiger partial charge in [-0.25, -0.2) is 8.42 Å². The van der Waals surface area contributed by atoms with Crippen molar-refractivity contribution in [1.29, 1.82) is 0 Å². The fourth-order valence-electron chi connectivity index (χ4n) is 3.65. The molecule has 3 aromatic rings.